The van der Waals surface area contributed by atoms with Gasteiger partial charge < -0.3 is 14.8 Å². The van der Waals surface area contributed by atoms with Gasteiger partial charge in [-0.1, -0.05) is 91.0 Å². The Kier molecular flexibility index (Phi) is 8.03. The Bertz CT molecular complexity index is 856. The van der Waals surface area contributed by atoms with Crippen LogP contribution in [0.25, 0.3) is 0 Å². The number of hydrogen-bond acceptors (Lipinski definition) is 4. The molecule has 0 saturated carbocycles. The number of rotatable bonds is 9. The number of alkyl carbamates (subject to hydrolysis) is 1. The highest BCUT2D eigenvalue weighted by molar-refractivity contribution is 5.73. The Morgan fingerprint density at radius 2 is 1.13 bits per heavy atom. The van der Waals surface area contributed by atoms with Gasteiger partial charge in [-0.15, -0.1) is 0 Å². The van der Waals surface area contributed by atoms with Gasteiger partial charge in [-0.3, -0.25) is 4.79 Å². The Hall–Kier alpha value is -3.60. The molecule has 0 fully saturated rings. The van der Waals surface area contributed by atoms with Crippen LogP contribution in [0.4, 0.5) is 4.79 Å². The molecule has 0 bridgehead atoms. The van der Waals surface area contributed by atoms with Crippen LogP contribution in [0.3, 0.4) is 0 Å². The van der Waals surface area contributed by atoms with Crippen molar-refractivity contribution in [3.63, 3.8) is 0 Å². The van der Waals surface area contributed by atoms with E-state index in [1.807, 2.05) is 91.0 Å². The highest BCUT2D eigenvalue weighted by Gasteiger charge is 2.19. The maximum Gasteiger partial charge on any atom is 0.407 e. The number of ether oxygens (including phenoxy) is 2. The van der Waals surface area contributed by atoms with Gasteiger partial charge in [0.25, 0.3) is 0 Å². The van der Waals surface area contributed by atoms with E-state index in [4.69, 9.17) is 9.47 Å². The third-order valence-electron chi connectivity index (χ3n) is 4.52. The molecule has 1 atom stereocenters. The van der Waals surface area contributed by atoms with Crippen molar-refractivity contribution in [3.8, 4) is 0 Å². The number of esters is 1. The van der Waals surface area contributed by atoms with Gasteiger partial charge in [0, 0.05) is 6.04 Å². The molecule has 3 rings (SSSR count). The lowest BCUT2D eigenvalue weighted by molar-refractivity contribution is -0.145. The minimum Gasteiger partial charge on any atom is -0.461 e. The maximum atomic E-state index is 12.4. The summed E-state index contributed by atoms with van der Waals surface area (Å²) in [5.41, 5.74) is 2.83. The molecule has 30 heavy (non-hydrogen) atoms. The molecule has 0 aromatic heterocycles. The van der Waals surface area contributed by atoms with Crippen LogP contribution in [0, 0.1) is 0 Å². The average molecular weight is 403 g/mol. The average Bonchev–Trinajstić information content (AvgIpc) is 2.78. The second-order valence-corrected chi connectivity index (χ2v) is 6.94. The second kappa shape index (κ2) is 11.4. The molecule has 154 valence electrons. The van der Waals surface area contributed by atoms with E-state index in [0.717, 1.165) is 16.7 Å². The fourth-order valence-electron chi connectivity index (χ4n) is 3.00. The minimum atomic E-state index is -0.560. The van der Waals surface area contributed by atoms with Crippen molar-refractivity contribution in [2.75, 3.05) is 0 Å². The van der Waals surface area contributed by atoms with Crippen molar-refractivity contribution in [2.45, 2.75) is 32.1 Å². The Labute approximate surface area is 176 Å². The summed E-state index contributed by atoms with van der Waals surface area (Å²) in [7, 11) is 0. The molecule has 3 aromatic rings. The lowest BCUT2D eigenvalue weighted by atomic mass is 10.0. The Morgan fingerprint density at radius 3 is 1.67 bits per heavy atom. The highest BCUT2D eigenvalue weighted by Crippen LogP contribution is 2.09. The van der Waals surface area contributed by atoms with Gasteiger partial charge >= 0.3 is 12.1 Å². The Balaban J connectivity index is 1.55. The summed E-state index contributed by atoms with van der Waals surface area (Å²) in [6.45, 7) is 0.374. The van der Waals surface area contributed by atoms with E-state index < -0.39 is 12.1 Å². The first-order valence-electron chi connectivity index (χ1n) is 9.90. The van der Waals surface area contributed by atoms with Crippen LogP contribution in [0.5, 0.6) is 0 Å². The van der Waals surface area contributed by atoms with E-state index in [1.54, 1.807) is 0 Å². The van der Waals surface area contributed by atoms with Gasteiger partial charge in [-0.05, 0) is 23.1 Å². The summed E-state index contributed by atoms with van der Waals surface area (Å²) in [4.78, 5) is 24.7. The molecule has 0 aliphatic rings. The van der Waals surface area contributed by atoms with E-state index in [1.165, 1.54) is 0 Å². The van der Waals surface area contributed by atoms with Crippen molar-refractivity contribution < 1.29 is 19.1 Å². The third-order valence-corrected chi connectivity index (χ3v) is 4.52. The smallest absolute Gasteiger partial charge is 0.407 e. The number of nitrogens with one attached hydrogen (secondary N) is 1. The lowest BCUT2D eigenvalue weighted by Gasteiger charge is -2.18. The molecule has 3 aromatic carbocycles. The zero-order valence-corrected chi connectivity index (χ0v) is 16.7. The second-order valence-electron chi connectivity index (χ2n) is 6.94. The SMILES string of the molecule is O=C(CC(Cc1ccccc1)NC(=O)OCc1ccccc1)OCc1ccccc1. The number of hydrogen-bond donors (Lipinski definition) is 1. The molecule has 5 nitrogen and oxygen atoms in total. The first kappa shape index (κ1) is 21.1. The molecule has 5 heteroatoms. The fraction of sp³-hybridized carbons (Fsp3) is 0.200. The molecule has 1 unspecified atom stereocenters. The van der Waals surface area contributed by atoms with Gasteiger partial charge in [-0.2, -0.15) is 0 Å². The molecule has 0 radical (unpaired) electrons. The van der Waals surface area contributed by atoms with Crippen LogP contribution in [-0.4, -0.2) is 18.1 Å². The first-order chi connectivity index (χ1) is 14.7. The highest BCUT2D eigenvalue weighted by atomic mass is 16.5. The zero-order valence-electron chi connectivity index (χ0n) is 16.7. The van der Waals surface area contributed by atoms with Gasteiger partial charge in [0.05, 0.1) is 6.42 Å². The summed E-state index contributed by atoms with van der Waals surface area (Å²) in [5.74, 6) is -0.372. The number of benzene rings is 3. The Morgan fingerprint density at radius 1 is 0.667 bits per heavy atom. The molecule has 1 N–H and O–H groups in total. The first-order valence-corrected chi connectivity index (χ1v) is 9.90. The van der Waals surface area contributed by atoms with E-state index in [-0.39, 0.29) is 25.6 Å². The topological polar surface area (TPSA) is 64.6 Å². The molecular formula is C25H25NO4. The van der Waals surface area contributed by atoms with Crippen molar-refractivity contribution in [2.24, 2.45) is 0 Å². The molecule has 0 aliphatic heterocycles. The summed E-state index contributed by atoms with van der Waals surface area (Å²) < 4.78 is 10.7. The minimum absolute atomic E-state index is 0.0577. The van der Waals surface area contributed by atoms with Crippen LogP contribution in [0.2, 0.25) is 0 Å². The number of amides is 1. The normalized spacial score (nSPS) is 11.3. The van der Waals surface area contributed by atoms with E-state index >= 15 is 0 Å². The quantitative estimate of drug-likeness (QED) is 0.528. The molecule has 0 heterocycles. The van der Waals surface area contributed by atoms with Crippen LogP contribution in [-0.2, 0) is 33.9 Å². The molecule has 0 saturated heterocycles. The fourth-order valence-corrected chi connectivity index (χ4v) is 3.00. The van der Waals surface area contributed by atoms with Gasteiger partial charge in [0.2, 0.25) is 0 Å². The van der Waals surface area contributed by atoms with E-state index in [9.17, 15) is 9.59 Å². The lowest BCUT2D eigenvalue weighted by Crippen LogP contribution is -2.38. The van der Waals surface area contributed by atoms with Crippen LogP contribution in [0.1, 0.15) is 23.1 Å². The molecular weight excluding hydrogens is 378 g/mol. The van der Waals surface area contributed by atoms with Crippen molar-refractivity contribution in [1.29, 1.82) is 0 Å². The van der Waals surface area contributed by atoms with E-state index in [0.29, 0.717) is 6.42 Å². The monoisotopic (exact) mass is 403 g/mol. The van der Waals surface area contributed by atoms with Gasteiger partial charge in [0.1, 0.15) is 13.2 Å². The zero-order chi connectivity index (χ0) is 21.0. The maximum absolute atomic E-state index is 12.4. The third kappa shape index (κ3) is 7.43. The molecule has 0 aliphatic carbocycles. The predicted octanol–water partition coefficient (Wildman–Crippen LogP) is 4.66. The van der Waals surface area contributed by atoms with Crippen LogP contribution < -0.4 is 5.32 Å². The summed E-state index contributed by atoms with van der Waals surface area (Å²) in [6, 6.07) is 28.2. The largest absolute Gasteiger partial charge is 0.461 e. The van der Waals surface area contributed by atoms with Crippen LogP contribution >= 0.6 is 0 Å². The van der Waals surface area contributed by atoms with Gasteiger partial charge in [-0.25, -0.2) is 4.79 Å². The summed E-state index contributed by atoms with van der Waals surface area (Å²) in [5, 5.41) is 2.80. The van der Waals surface area contributed by atoms with Crippen molar-refractivity contribution in [3.05, 3.63) is 108 Å². The standard InChI is InChI=1S/C25H25NO4/c27-24(29-18-21-12-6-2-7-13-21)17-23(16-20-10-4-1-5-11-20)26-25(28)30-19-22-14-8-3-9-15-22/h1-15,23H,16-19H2,(H,26,28). The predicted molar refractivity (Wildman–Crippen MR) is 115 cm³/mol. The van der Waals surface area contributed by atoms with Crippen LogP contribution in [0.15, 0.2) is 91.0 Å². The van der Waals surface area contributed by atoms with E-state index in [2.05, 4.69) is 5.32 Å². The van der Waals surface area contributed by atoms with Crippen molar-refractivity contribution in [1.82, 2.24) is 5.32 Å². The molecule has 1 amide bonds. The summed E-state index contributed by atoms with van der Waals surface area (Å²) in [6.07, 6.45) is -0.000186. The number of carbonyl (C=O) groups excluding carboxylic acids is 2. The van der Waals surface area contributed by atoms with Crippen molar-refractivity contribution >= 4 is 12.1 Å². The number of carbonyl (C=O) groups is 2. The summed E-state index contributed by atoms with van der Waals surface area (Å²) >= 11 is 0. The van der Waals surface area contributed by atoms with Gasteiger partial charge in [0.15, 0.2) is 0 Å². The molecule has 0 spiro atoms.